The highest BCUT2D eigenvalue weighted by Crippen LogP contribution is 2.41. The molecule has 3 rings (SSSR count). The van der Waals surface area contributed by atoms with Gasteiger partial charge in [0.05, 0.1) is 5.41 Å². The summed E-state index contributed by atoms with van der Waals surface area (Å²) in [5, 5.41) is 9.62. The third kappa shape index (κ3) is 2.18. The molecule has 1 aromatic rings. The van der Waals surface area contributed by atoms with Gasteiger partial charge < -0.3 is 10.8 Å². The number of phenolic OH excluding ortho intramolecular Hbond substituents is 1. The molecule has 1 fully saturated rings. The quantitative estimate of drug-likeness (QED) is 0.866. The Kier molecular flexibility index (Phi) is 3.21. The lowest BCUT2D eigenvalue weighted by atomic mass is 9.86. The summed E-state index contributed by atoms with van der Waals surface area (Å²) >= 11 is 0. The van der Waals surface area contributed by atoms with Gasteiger partial charge in [-0.2, -0.15) is 0 Å². The lowest BCUT2D eigenvalue weighted by molar-refractivity contribution is -0.126. The molecular weight excluding hydrogens is 252 g/mol. The Bertz CT molecular complexity index is 543. The summed E-state index contributed by atoms with van der Waals surface area (Å²) in [6.45, 7) is 3.63. The summed E-state index contributed by atoms with van der Waals surface area (Å²) in [5.74, 6) is 0.148. The second-order valence-corrected chi connectivity index (χ2v) is 6.44. The van der Waals surface area contributed by atoms with Crippen molar-refractivity contribution in [2.45, 2.75) is 38.6 Å². The number of carbonyl (C=O) groups excluding carboxylic acids is 1. The average Bonchev–Trinajstić information content (AvgIpc) is 2.81. The van der Waals surface area contributed by atoms with Gasteiger partial charge in [0, 0.05) is 12.6 Å². The molecule has 3 N–H and O–H groups in total. The number of nitrogens with zero attached hydrogens (tertiary/aromatic N) is 1. The van der Waals surface area contributed by atoms with Gasteiger partial charge in [-0.25, -0.2) is 0 Å². The van der Waals surface area contributed by atoms with Crippen LogP contribution in [0.15, 0.2) is 18.2 Å². The molecule has 2 unspecified atom stereocenters. The van der Waals surface area contributed by atoms with Crippen LogP contribution >= 0.6 is 0 Å². The number of fused-ring (bicyclic) bond motifs is 1. The van der Waals surface area contributed by atoms with Crippen LogP contribution in [0, 0.1) is 5.41 Å². The van der Waals surface area contributed by atoms with Gasteiger partial charge in [0.2, 0.25) is 5.91 Å². The van der Waals surface area contributed by atoms with Crippen molar-refractivity contribution in [1.82, 2.24) is 4.90 Å². The zero-order valence-corrected chi connectivity index (χ0v) is 11.9. The fraction of sp³-hybridized carbons (Fsp3) is 0.562. The van der Waals surface area contributed by atoms with E-state index in [9.17, 15) is 9.90 Å². The molecule has 0 spiro atoms. The fourth-order valence-corrected chi connectivity index (χ4v) is 3.62. The lowest BCUT2D eigenvalue weighted by Gasteiger charge is -2.34. The second-order valence-electron chi connectivity index (χ2n) is 6.44. The van der Waals surface area contributed by atoms with Gasteiger partial charge in [0.25, 0.3) is 0 Å². The van der Waals surface area contributed by atoms with Crippen LogP contribution in [0.3, 0.4) is 0 Å². The van der Waals surface area contributed by atoms with Crippen LogP contribution in [0.25, 0.3) is 0 Å². The molecule has 1 aliphatic carbocycles. The maximum absolute atomic E-state index is 11.6. The van der Waals surface area contributed by atoms with Crippen LogP contribution in [-0.2, 0) is 11.2 Å². The maximum atomic E-state index is 11.6. The third-order valence-electron chi connectivity index (χ3n) is 4.95. The topological polar surface area (TPSA) is 66.6 Å². The van der Waals surface area contributed by atoms with Crippen LogP contribution in [0.4, 0.5) is 0 Å². The summed E-state index contributed by atoms with van der Waals surface area (Å²) in [4.78, 5) is 14.0. The molecule has 1 heterocycles. The summed E-state index contributed by atoms with van der Waals surface area (Å²) in [5.41, 5.74) is 7.70. The first-order valence-electron chi connectivity index (χ1n) is 7.35. The standard InChI is InChI=1S/C16H22N2O2/c1-16(15(17)20)7-8-18(10-16)14-4-2-3-11-9-12(19)5-6-13(11)14/h5-6,9,14,19H,2-4,7-8,10H2,1H3,(H2,17,20). The summed E-state index contributed by atoms with van der Waals surface area (Å²) in [6, 6.07) is 6.04. The normalized spacial score (nSPS) is 30.1. The minimum atomic E-state index is -0.394. The predicted molar refractivity (Wildman–Crippen MR) is 77.3 cm³/mol. The number of hydrogen-bond donors (Lipinski definition) is 2. The Balaban J connectivity index is 1.85. The van der Waals surface area contributed by atoms with Crippen LogP contribution < -0.4 is 5.73 Å². The maximum Gasteiger partial charge on any atom is 0.224 e. The van der Waals surface area contributed by atoms with E-state index >= 15 is 0 Å². The number of aromatic hydroxyl groups is 1. The molecular formula is C16H22N2O2. The van der Waals surface area contributed by atoms with E-state index in [2.05, 4.69) is 4.90 Å². The van der Waals surface area contributed by atoms with Gasteiger partial charge in [-0.3, -0.25) is 9.69 Å². The Morgan fingerprint density at radius 1 is 1.50 bits per heavy atom. The molecule has 2 aliphatic rings. The van der Waals surface area contributed by atoms with Gasteiger partial charge in [-0.15, -0.1) is 0 Å². The van der Waals surface area contributed by atoms with Crippen molar-refractivity contribution < 1.29 is 9.90 Å². The predicted octanol–water partition coefficient (Wildman–Crippen LogP) is 1.97. The summed E-state index contributed by atoms with van der Waals surface area (Å²) < 4.78 is 0. The number of amides is 1. The van der Waals surface area contributed by atoms with E-state index in [4.69, 9.17) is 5.73 Å². The van der Waals surface area contributed by atoms with E-state index in [0.717, 1.165) is 38.8 Å². The molecule has 4 heteroatoms. The molecule has 1 aliphatic heterocycles. The Hall–Kier alpha value is -1.55. The Morgan fingerprint density at radius 3 is 3.00 bits per heavy atom. The molecule has 0 bridgehead atoms. The fourth-order valence-electron chi connectivity index (χ4n) is 3.62. The van der Waals surface area contributed by atoms with E-state index in [1.165, 1.54) is 11.1 Å². The molecule has 0 aromatic heterocycles. The van der Waals surface area contributed by atoms with Crippen molar-refractivity contribution in [2.24, 2.45) is 11.1 Å². The molecule has 4 nitrogen and oxygen atoms in total. The average molecular weight is 274 g/mol. The molecule has 1 aromatic carbocycles. The Morgan fingerprint density at radius 2 is 2.30 bits per heavy atom. The van der Waals surface area contributed by atoms with E-state index in [1.54, 1.807) is 6.07 Å². The van der Waals surface area contributed by atoms with Gasteiger partial charge >= 0.3 is 0 Å². The minimum absolute atomic E-state index is 0.193. The van der Waals surface area contributed by atoms with E-state index in [-0.39, 0.29) is 5.91 Å². The van der Waals surface area contributed by atoms with Crippen molar-refractivity contribution >= 4 is 5.91 Å². The molecule has 108 valence electrons. The number of aryl methyl sites for hydroxylation is 1. The van der Waals surface area contributed by atoms with Crippen LogP contribution in [0.2, 0.25) is 0 Å². The number of carbonyl (C=O) groups is 1. The first-order valence-corrected chi connectivity index (χ1v) is 7.35. The number of hydrogen-bond acceptors (Lipinski definition) is 3. The zero-order valence-electron chi connectivity index (χ0n) is 11.9. The Labute approximate surface area is 119 Å². The van der Waals surface area contributed by atoms with Gasteiger partial charge in [0.15, 0.2) is 0 Å². The van der Waals surface area contributed by atoms with Gasteiger partial charge in [-0.1, -0.05) is 6.07 Å². The van der Waals surface area contributed by atoms with E-state index in [0.29, 0.717) is 11.8 Å². The van der Waals surface area contributed by atoms with E-state index < -0.39 is 5.41 Å². The van der Waals surface area contributed by atoms with E-state index in [1.807, 2.05) is 19.1 Å². The van der Waals surface area contributed by atoms with Crippen LogP contribution in [-0.4, -0.2) is 29.0 Å². The monoisotopic (exact) mass is 274 g/mol. The highest BCUT2D eigenvalue weighted by atomic mass is 16.3. The zero-order chi connectivity index (χ0) is 14.3. The number of likely N-dealkylation sites (tertiary alicyclic amines) is 1. The van der Waals surface area contributed by atoms with Crippen molar-refractivity contribution in [2.75, 3.05) is 13.1 Å². The number of nitrogens with two attached hydrogens (primary N) is 1. The number of rotatable bonds is 2. The molecule has 20 heavy (non-hydrogen) atoms. The highest BCUT2D eigenvalue weighted by molar-refractivity contribution is 5.81. The molecule has 0 radical (unpaired) electrons. The second kappa shape index (κ2) is 4.77. The molecule has 1 amide bonds. The summed E-state index contributed by atoms with van der Waals surface area (Å²) in [7, 11) is 0. The number of benzene rings is 1. The molecule has 0 saturated carbocycles. The van der Waals surface area contributed by atoms with Crippen molar-refractivity contribution in [1.29, 1.82) is 0 Å². The number of primary amides is 1. The smallest absolute Gasteiger partial charge is 0.224 e. The molecule has 2 atom stereocenters. The van der Waals surface area contributed by atoms with Gasteiger partial charge in [0.1, 0.15) is 5.75 Å². The molecule has 1 saturated heterocycles. The van der Waals surface area contributed by atoms with Crippen molar-refractivity contribution in [3.63, 3.8) is 0 Å². The first-order chi connectivity index (χ1) is 9.49. The third-order valence-corrected chi connectivity index (χ3v) is 4.95. The van der Waals surface area contributed by atoms with Gasteiger partial charge in [-0.05, 0) is 62.4 Å². The van der Waals surface area contributed by atoms with Crippen molar-refractivity contribution in [3.05, 3.63) is 29.3 Å². The van der Waals surface area contributed by atoms with Crippen molar-refractivity contribution in [3.8, 4) is 5.75 Å². The van der Waals surface area contributed by atoms with Crippen LogP contribution in [0.5, 0.6) is 5.75 Å². The highest BCUT2D eigenvalue weighted by Gasteiger charge is 2.42. The minimum Gasteiger partial charge on any atom is -0.508 e. The number of phenols is 1. The largest absolute Gasteiger partial charge is 0.508 e. The lowest BCUT2D eigenvalue weighted by Crippen LogP contribution is -2.38. The summed E-state index contributed by atoms with van der Waals surface area (Å²) in [6.07, 6.45) is 4.12. The first kappa shape index (κ1) is 13.4. The van der Waals surface area contributed by atoms with Crippen LogP contribution in [0.1, 0.15) is 43.4 Å². The SMILES string of the molecule is CC1(C(N)=O)CCN(C2CCCc3cc(O)ccc32)C1.